The van der Waals surface area contributed by atoms with Crippen LogP contribution in [-0.4, -0.2) is 48.2 Å². The molecule has 6 nitrogen and oxygen atoms in total. The second-order valence-corrected chi connectivity index (χ2v) is 7.37. The van der Waals surface area contributed by atoms with Crippen LogP contribution in [-0.2, 0) is 11.2 Å². The number of aliphatic carboxylic acids is 1. The predicted octanol–water partition coefficient (Wildman–Crippen LogP) is 2.86. The summed E-state index contributed by atoms with van der Waals surface area (Å²) < 4.78 is 11.5. The maximum absolute atomic E-state index is 13.2. The number of nitrogens with zero attached hydrogens (tertiary/aromatic N) is 1. The summed E-state index contributed by atoms with van der Waals surface area (Å²) in [5.41, 5.74) is 0.280. The van der Waals surface area contributed by atoms with E-state index < -0.39 is 11.4 Å². The molecule has 0 saturated carbocycles. The Labute approximate surface area is 163 Å². The number of fused-ring (bicyclic) bond motifs is 2. The highest BCUT2D eigenvalue weighted by atomic mass is 16.5. The number of likely N-dealkylation sites (tertiary alicyclic amines) is 1. The van der Waals surface area contributed by atoms with E-state index in [4.69, 9.17) is 9.47 Å². The fourth-order valence-electron chi connectivity index (χ4n) is 4.28. The van der Waals surface area contributed by atoms with Crippen LogP contribution >= 0.6 is 0 Å². The fourth-order valence-corrected chi connectivity index (χ4v) is 4.28. The SMILES string of the molecule is CCOc1ccccc1C(=O)N1C[C@H]2COc3ccccc3C[C@@]2(C(=O)O)C1. The summed E-state index contributed by atoms with van der Waals surface area (Å²) in [6.07, 6.45) is 0.347. The number of carboxylic acids is 1. The number of ether oxygens (including phenoxy) is 2. The minimum Gasteiger partial charge on any atom is -0.493 e. The molecule has 1 N–H and O–H groups in total. The van der Waals surface area contributed by atoms with Crippen LogP contribution in [0.4, 0.5) is 0 Å². The van der Waals surface area contributed by atoms with E-state index in [1.807, 2.05) is 37.3 Å². The molecule has 0 aromatic heterocycles. The summed E-state index contributed by atoms with van der Waals surface area (Å²) in [6, 6.07) is 14.6. The summed E-state index contributed by atoms with van der Waals surface area (Å²) in [5, 5.41) is 10.1. The number of hydrogen-bond donors (Lipinski definition) is 1. The molecule has 0 aliphatic carbocycles. The smallest absolute Gasteiger partial charge is 0.312 e. The first kappa shape index (κ1) is 18.3. The van der Waals surface area contributed by atoms with Crippen LogP contribution in [0.3, 0.4) is 0 Å². The van der Waals surface area contributed by atoms with Gasteiger partial charge in [0, 0.05) is 19.0 Å². The average molecular weight is 381 g/mol. The number of carboxylic acid groups (broad SMARTS) is 1. The van der Waals surface area contributed by atoms with E-state index in [0.29, 0.717) is 30.9 Å². The Kier molecular flexibility index (Phi) is 4.71. The Morgan fingerprint density at radius 3 is 2.75 bits per heavy atom. The van der Waals surface area contributed by atoms with E-state index >= 15 is 0 Å². The maximum Gasteiger partial charge on any atom is 0.312 e. The molecule has 4 rings (SSSR count). The van der Waals surface area contributed by atoms with Crippen molar-refractivity contribution < 1.29 is 24.2 Å². The fraction of sp³-hybridized carbons (Fsp3) is 0.364. The number of amides is 1. The summed E-state index contributed by atoms with van der Waals surface area (Å²) in [5.74, 6) is -0.108. The standard InChI is InChI=1S/C22H23NO5/c1-2-27-19-10-6-4-8-17(19)20(24)23-12-16-13-28-18-9-5-3-7-15(18)11-22(16,14-23)21(25)26/h3-10,16H,2,11-14H2,1H3,(H,25,26)/t16-,22+/m0/s1. The van der Waals surface area contributed by atoms with E-state index in [0.717, 1.165) is 11.3 Å². The monoisotopic (exact) mass is 381 g/mol. The molecular formula is C22H23NO5. The van der Waals surface area contributed by atoms with Crippen LogP contribution < -0.4 is 9.47 Å². The van der Waals surface area contributed by atoms with Crippen LogP contribution in [0.5, 0.6) is 11.5 Å². The topological polar surface area (TPSA) is 76.1 Å². The van der Waals surface area contributed by atoms with Crippen molar-refractivity contribution in [3.8, 4) is 11.5 Å². The molecule has 1 amide bonds. The minimum atomic E-state index is -1.05. The van der Waals surface area contributed by atoms with E-state index in [2.05, 4.69) is 0 Å². The first-order valence-corrected chi connectivity index (χ1v) is 9.50. The molecular weight excluding hydrogens is 358 g/mol. The van der Waals surface area contributed by atoms with E-state index in [9.17, 15) is 14.7 Å². The van der Waals surface area contributed by atoms with Crippen molar-refractivity contribution in [3.63, 3.8) is 0 Å². The van der Waals surface area contributed by atoms with Gasteiger partial charge >= 0.3 is 5.97 Å². The normalized spacial score (nSPS) is 23.2. The molecule has 146 valence electrons. The van der Waals surface area contributed by atoms with Gasteiger partial charge in [0.05, 0.1) is 24.2 Å². The van der Waals surface area contributed by atoms with Gasteiger partial charge in [-0.1, -0.05) is 30.3 Å². The van der Waals surface area contributed by atoms with Crippen molar-refractivity contribution in [2.45, 2.75) is 13.3 Å². The Morgan fingerprint density at radius 1 is 1.21 bits per heavy atom. The first-order valence-electron chi connectivity index (χ1n) is 9.50. The number of rotatable bonds is 4. The molecule has 1 saturated heterocycles. The zero-order valence-corrected chi connectivity index (χ0v) is 15.8. The summed E-state index contributed by atoms with van der Waals surface area (Å²) in [6.45, 7) is 3.10. The molecule has 0 radical (unpaired) electrons. The van der Waals surface area contributed by atoms with Gasteiger partial charge in [-0.15, -0.1) is 0 Å². The van der Waals surface area contributed by atoms with Gasteiger partial charge in [0.15, 0.2) is 0 Å². The van der Waals surface area contributed by atoms with E-state index in [1.165, 1.54) is 0 Å². The first-order chi connectivity index (χ1) is 13.5. The second-order valence-electron chi connectivity index (χ2n) is 7.37. The molecule has 6 heteroatoms. The third kappa shape index (κ3) is 2.99. The molecule has 0 bridgehead atoms. The van der Waals surface area contributed by atoms with Crippen molar-refractivity contribution in [1.29, 1.82) is 0 Å². The molecule has 2 aliphatic heterocycles. The van der Waals surface area contributed by atoms with Gasteiger partial charge in [-0.3, -0.25) is 9.59 Å². The van der Waals surface area contributed by atoms with Crippen molar-refractivity contribution in [2.24, 2.45) is 11.3 Å². The number of carbonyl (C=O) groups excluding carboxylic acids is 1. The zero-order valence-electron chi connectivity index (χ0n) is 15.8. The molecule has 2 aromatic rings. The lowest BCUT2D eigenvalue weighted by Crippen LogP contribution is -2.42. The highest BCUT2D eigenvalue weighted by Crippen LogP contribution is 2.44. The van der Waals surface area contributed by atoms with Gasteiger partial charge in [0.2, 0.25) is 0 Å². The van der Waals surface area contributed by atoms with Gasteiger partial charge in [-0.2, -0.15) is 0 Å². The second kappa shape index (κ2) is 7.19. The minimum absolute atomic E-state index is 0.157. The summed E-state index contributed by atoms with van der Waals surface area (Å²) in [7, 11) is 0. The van der Waals surface area contributed by atoms with Crippen molar-refractivity contribution in [1.82, 2.24) is 4.90 Å². The molecule has 1 fully saturated rings. The van der Waals surface area contributed by atoms with E-state index in [1.54, 1.807) is 23.1 Å². The number of hydrogen-bond acceptors (Lipinski definition) is 4. The molecule has 2 atom stereocenters. The Hall–Kier alpha value is -3.02. The van der Waals surface area contributed by atoms with Crippen LogP contribution in [0.1, 0.15) is 22.8 Å². The Balaban J connectivity index is 1.66. The molecule has 0 unspecified atom stereocenters. The number of benzene rings is 2. The lowest BCUT2D eigenvalue weighted by atomic mass is 9.74. The quantitative estimate of drug-likeness (QED) is 0.881. The number of carbonyl (C=O) groups is 2. The molecule has 28 heavy (non-hydrogen) atoms. The van der Waals surface area contributed by atoms with E-state index in [-0.39, 0.29) is 25.0 Å². The summed E-state index contributed by atoms with van der Waals surface area (Å²) >= 11 is 0. The maximum atomic E-state index is 13.2. The average Bonchev–Trinajstić information content (AvgIpc) is 2.99. The third-order valence-electron chi connectivity index (χ3n) is 5.74. The van der Waals surface area contributed by atoms with Crippen molar-refractivity contribution >= 4 is 11.9 Å². The lowest BCUT2D eigenvalue weighted by molar-refractivity contribution is -0.150. The molecule has 2 aromatic carbocycles. The Bertz CT molecular complexity index is 911. The lowest BCUT2D eigenvalue weighted by Gasteiger charge is -2.27. The molecule has 0 spiro atoms. The zero-order chi connectivity index (χ0) is 19.7. The van der Waals surface area contributed by atoms with Crippen LogP contribution in [0.25, 0.3) is 0 Å². The van der Waals surface area contributed by atoms with Crippen LogP contribution in [0.2, 0.25) is 0 Å². The van der Waals surface area contributed by atoms with Gasteiger partial charge in [-0.25, -0.2) is 0 Å². The van der Waals surface area contributed by atoms with Crippen molar-refractivity contribution in [3.05, 3.63) is 59.7 Å². The summed E-state index contributed by atoms with van der Waals surface area (Å²) in [4.78, 5) is 27.2. The van der Waals surface area contributed by atoms with Crippen molar-refractivity contribution in [2.75, 3.05) is 26.3 Å². The van der Waals surface area contributed by atoms with Crippen LogP contribution in [0, 0.1) is 11.3 Å². The Morgan fingerprint density at radius 2 is 1.96 bits per heavy atom. The van der Waals surface area contributed by atoms with Gasteiger partial charge in [0.25, 0.3) is 5.91 Å². The highest BCUT2D eigenvalue weighted by Gasteiger charge is 2.55. The highest BCUT2D eigenvalue weighted by molar-refractivity contribution is 5.97. The van der Waals surface area contributed by atoms with Gasteiger partial charge in [-0.05, 0) is 37.1 Å². The third-order valence-corrected chi connectivity index (χ3v) is 5.74. The predicted molar refractivity (Wildman–Crippen MR) is 103 cm³/mol. The van der Waals surface area contributed by atoms with Gasteiger partial charge < -0.3 is 19.5 Å². The number of para-hydroxylation sites is 2. The van der Waals surface area contributed by atoms with Gasteiger partial charge in [0.1, 0.15) is 11.5 Å². The largest absolute Gasteiger partial charge is 0.493 e. The molecule has 2 heterocycles. The van der Waals surface area contributed by atoms with Crippen LogP contribution in [0.15, 0.2) is 48.5 Å². The molecule has 2 aliphatic rings.